The van der Waals surface area contributed by atoms with Gasteiger partial charge >= 0.3 is 0 Å². The lowest BCUT2D eigenvalue weighted by atomic mass is 9.72. The average molecular weight is 418 g/mol. The SMILES string of the molecule is CN(N)/N=C(\N)c1ccc(C(c2ccc(OCc3ccccn3)cc2)C(C)(C)C)cc1. The summed E-state index contributed by atoms with van der Waals surface area (Å²) in [6, 6.07) is 22.3. The maximum Gasteiger partial charge on any atom is 0.152 e. The zero-order valence-electron chi connectivity index (χ0n) is 18.6. The van der Waals surface area contributed by atoms with Crippen LogP contribution < -0.4 is 16.3 Å². The van der Waals surface area contributed by atoms with Crippen molar-refractivity contribution in [3.05, 3.63) is 95.3 Å². The van der Waals surface area contributed by atoms with Crippen LogP contribution >= 0.6 is 0 Å². The normalized spacial score (nSPS) is 13.0. The van der Waals surface area contributed by atoms with E-state index in [0.29, 0.717) is 12.4 Å². The van der Waals surface area contributed by atoms with E-state index in [2.05, 4.69) is 55.1 Å². The fourth-order valence-electron chi connectivity index (χ4n) is 3.66. The van der Waals surface area contributed by atoms with Crippen molar-refractivity contribution in [1.82, 2.24) is 10.1 Å². The van der Waals surface area contributed by atoms with Crippen molar-refractivity contribution >= 4 is 5.84 Å². The van der Waals surface area contributed by atoms with Crippen LogP contribution in [0.15, 0.2) is 78.0 Å². The van der Waals surface area contributed by atoms with Gasteiger partial charge in [-0.25, -0.2) is 11.0 Å². The number of pyridine rings is 1. The summed E-state index contributed by atoms with van der Waals surface area (Å²) in [5, 5.41) is 5.27. The van der Waals surface area contributed by atoms with Crippen LogP contribution in [0.5, 0.6) is 5.75 Å². The molecule has 0 radical (unpaired) electrons. The van der Waals surface area contributed by atoms with Gasteiger partial charge in [0.1, 0.15) is 12.4 Å². The number of benzene rings is 2. The first-order valence-electron chi connectivity index (χ1n) is 10.3. The summed E-state index contributed by atoms with van der Waals surface area (Å²) in [7, 11) is 1.64. The summed E-state index contributed by atoms with van der Waals surface area (Å²) >= 11 is 0. The standard InChI is InChI=1S/C25H31N5O/c1-25(2,3)23(18-8-10-20(11-9-18)24(26)29-30(4)27)19-12-14-22(15-13-19)31-17-21-7-5-6-16-28-21/h5-16,23H,17,27H2,1-4H3,(H2,26,29). The predicted molar refractivity (Wildman–Crippen MR) is 125 cm³/mol. The molecule has 0 amide bonds. The highest BCUT2D eigenvalue weighted by molar-refractivity contribution is 5.97. The first kappa shape index (κ1) is 22.3. The summed E-state index contributed by atoms with van der Waals surface area (Å²) in [6.45, 7) is 7.19. The van der Waals surface area contributed by atoms with Crippen molar-refractivity contribution in [2.24, 2.45) is 22.1 Å². The Labute approximate surface area is 184 Å². The lowest BCUT2D eigenvalue weighted by molar-refractivity contribution is 0.301. The van der Waals surface area contributed by atoms with Crippen molar-refractivity contribution < 1.29 is 4.74 Å². The molecular weight excluding hydrogens is 386 g/mol. The number of amidine groups is 1. The molecule has 1 unspecified atom stereocenters. The molecule has 0 aliphatic carbocycles. The molecule has 2 aromatic carbocycles. The molecule has 0 aliphatic rings. The van der Waals surface area contributed by atoms with E-state index < -0.39 is 0 Å². The second-order valence-corrected chi connectivity index (χ2v) is 8.66. The van der Waals surface area contributed by atoms with E-state index in [1.807, 2.05) is 42.5 Å². The van der Waals surface area contributed by atoms with Gasteiger partial charge in [-0.15, -0.1) is 5.10 Å². The van der Waals surface area contributed by atoms with Gasteiger partial charge in [-0.1, -0.05) is 63.2 Å². The van der Waals surface area contributed by atoms with Crippen molar-refractivity contribution in [2.45, 2.75) is 33.3 Å². The number of aromatic nitrogens is 1. The number of nitrogens with two attached hydrogens (primary N) is 2. The average Bonchev–Trinajstić information content (AvgIpc) is 2.73. The van der Waals surface area contributed by atoms with Crippen LogP contribution in [0.25, 0.3) is 0 Å². The molecule has 1 heterocycles. The molecule has 1 atom stereocenters. The molecule has 1 aromatic heterocycles. The molecule has 0 aliphatic heterocycles. The first-order valence-corrected chi connectivity index (χ1v) is 10.3. The number of hydrazone groups is 1. The maximum absolute atomic E-state index is 6.02. The molecule has 4 N–H and O–H groups in total. The highest BCUT2D eigenvalue weighted by Gasteiger charge is 2.28. The molecule has 0 fully saturated rings. The van der Waals surface area contributed by atoms with E-state index in [1.54, 1.807) is 13.2 Å². The third kappa shape index (κ3) is 6.06. The summed E-state index contributed by atoms with van der Waals surface area (Å²) in [5.74, 6) is 6.98. The van der Waals surface area contributed by atoms with Crippen LogP contribution in [0, 0.1) is 5.41 Å². The number of rotatable bonds is 7. The maximum atomic E-state index is 6.02. The van der Waals surface area contributed by atoms with Crippen LogP contribution in [-0.4, -0.2) is 23.0 Å². The molecule has 6 nitrogen and oxygen atoms in total. The van der Waals surface area contributed by atoms with Crippen molar-refractivity contribution in [3.63, 3.8) is 0 Å². The highest BCUT2D eigenvalue weighted by Crippen LogP contribution is 2.41. The molecule has 0 saturated heterocycles. The van der Waals surface area contributed by atoms with Crippen molar-refractivity contribution in [2.75, 3.05) is 7.05 Å². The van der Waals surface area contributed by atoms with Crippen LogP contribution in [-0.2, 0) is 6.61 Å². The quantitative estimate of drug-likeness (QED) is 0.259. The fourth-order valence-corrected chi connectivity index (χ4v) is 3.66. The summed E-state index contributed by atoms with van der Waals surface area (Å²) in [6.07, 6.45) is 1.77. The second-order valence-electron chi connectivity index (χ2n) is 8.66. The Bertz CT molecular complexity index is 991. The minimum absolute atomic E-state index is 0.0228. The van der Waals surface area contributed by atoms with Gasteiger partial charge in [0.25, 0.3) is 0 Å². The Morgan fingerprint density at radius 2 is 1.61 bits per heavy atom. The number of hydrogen-bond donors (Lipinski definition) is 2. The molecule has 0 saturated carbocycles. The topological polar surface area (TPSA) is 89.8 Å². The molecule has 6 heteroatoms. The van der Waals surface area contributed by atoms with E-state index in [1.165, 1.54) is 16.2 Å². The largest absolute Gasteiger partial charge is 0.487 e. The number of hydrazine groups is 1. The predicted octanol–water partition coefficient (Wildman–Crippen LogP) is 4.26. The Hall–Kier alpha value is -3.38. The van der Waals surface area contributed by atoms with Crippen LogP contribution in [0.1, 0.15) is 49.1 Å². The Kier molecular flexibility index (Phi) is 6.92. The fraction of sp³-hybridized carbons (Fsp3) is 0.280. The van der Waals surface area contributed by atoms with Crippen molar-refractivity contribution in [1.29, 1.82) is 0 Å². The van der Waals surface area contributed by atoms with Crippen molar-refractivity contribution in [3.8, 4) is 5.75 Å². The van der Waals surface area contributed by atoms with E-state index in [0.717, 1.165) is 17.0 Å². The Morgan fingerprint density at radius 1 is 1.00 bits per heavy atom. The smallest absolute Gasteiger partial charge is 0.152 e. The summed E-state index contributed by atoms with van der Waals surface area (Å²) in [5.41, 5.74) is 10.2. The molecule has 162 valence electrons. The van der Waals surface area contributed by atoms with E-state index in [-0.39, 0.29) is 11.3 Å². The number of hydrogen-bond acceptors (Lipinski definition) is 5. The Balaban J connectivity index is 1.80. The van der Waals surface area contributed by atoms with Crippen LogP contribution in [0.4, 0.5) is 0 Å². The molecule has 0 bridgehead atoms. The minimum Gasteiger partial charge on any atom is -0.487 e. The van der Waals surface area contributed by atoms with Gasteiger partial charge in [-0.05, 0) is 40.8 Å². The monoisotopic (exact) mass is 417 g/mol. The van der Waals surface area contributed by atoms with Crippen LogP contribution in [0.2, 0.25) is 0 Å². The van der Waals surface area contributed by atoms with E-state index >= 15 is 0 Å². The molecular formula is C25H31N5O. The van der Waals surface area contributed by atoms with Gasteiger partial charge < -0.3 is 10.5 Å². The van der Waals surface area contributed by atoms with Gasteiger partial charge in [-0.3, -0.25) is 4.98 Å². The van der Waals surface area contributed by atoms with Crippen LogP contribution in [0.3, 0.4) is 0 Å². The zero-order valence-corrected chi connectivity index (χ0v) is 18.6. The zero-order chi connectivity index (χ0) is 22.4. The van der Waals surface area contributed by atoms with Gasteiger partial charge in [0.05, 0.1) is 5.69 Å². The van der Waals surface area contributed by atoms with E-state index in [4.69, 9.17) is 16.3 Å². The minimum atomic E-state index is 0.0228. The van der Waals surface area contributed by atoms with Gasteiger partial charge in [-0.2, -0.15) is 0 Å². The first-order chi connectivity index (χ1) is 14.7. The van der Waals surface area contributed by atoms with Gasteiger partial charge in [0.15, 0.2) is 5.84 Å². The lowest BCUT2D eigenvalue weighted by Gasteiger charge is -2.32. The molecule has 3 aromatic rings. The second kappa shape index (κ2) is 9.62. The molecule has 0 spiro atoms. The lowest BCUT2D eigenvalue weighted by Crippen LogP contribution is -2.25. The highest BCUT2D eigenvalue weighted by atomic mass is 16.5. The Morgan fingerprint density at radius 3 is 2.13 bits per heavy atom. The van der Waals surface area contributed by atoms with Gasteiger partial charge in [0.2, 0.25) is 0 Å². The molecule has 31 heavy (non-hydrogen) atoms. The number of nitrogens with zero attached hydrogens (tertiary/aromatic N) is 3. The number of ether oxygens (including phenoxy) is 1. The summed E-state index contributed by atoms with van der Waals surface area (Å²) < 4.78 is 5.89. The third-order valence-corrected chi connectivity index (χ3v) is 5.00. The van der Waals surface area contributed by atoms with E-state index in [9.17, 15) is 0 Å². The summed E-state index contributed by atoms with van der Waals surface area (Å²) in [4.78, 5) is 4.29. The van der Waals surface area contributed by atoms with Gasteiger partial charge in [0, 0.05) is 24.7 Å². The molecule has 3 rings (SSSR count). The third-order valence-electron chi connectivity index (χ3n) is 5.00.